The van der Waals surface area contributed by atoms with E-state index in [-0.39, 0.29) is 19.6 Å². The summed E-state index contributed by atoms with van der Waals surface area (Å²) in [7, 11) is 0. The molecule has 1 aromatic carbocycles. The number of esters is 3. The maximum absolute atomic E-state index is 11.4. The zero-order chi connectivity index (χ0) is 15.5. The van der Waals surface area contributed by atoms with E-state index in [2.05, 4.69) is 4.74 Å². The lowest BCUT2D eigenvalue weighted by Gasteiger charge is -2.06. The molecule has 0 saturated carbocycles. The van der Waals surface area contributed by atoms with Gasteiger partial charge in [0, 0.05) is 13.3 Å². The molecule has 1 aromatic rings. The first-order valence-electron chi connectivity index (χ1n) is 6.56. The van der Waals surface area contributed by atoms with E-state index in [1.54, 1.807) is 0 Å². The van der Waals surface area contributed by atoms with Crippen LogP contribution < -0.4 is 0 Å². The number of hydrogen-bond donors (Lipinski definition) is 0. The largest absolute Gasteiger partial charge is 0.466 e. The third kappa shape index (κ3) is 8.41. The van der Waals surface area contributed by atoms with Crippen molar-refractivity contribution in [3.63, 3.8) is 0 Å². The second-order valence-corrected chi connectivity index (χ2v) is 4.25. The van der Waals surface area contributed by atoms with E-state index in [0.717, 1.165) is 5.56 Å². The smallest absolute Gasteiger partial charge is 0.344 e. The van der Waals surface area contributed by atoms with Gasteiger partial charge in [0.2, 0.25) is 0 Å². The van der Waals surface area contributed by atoms with Gasteiger partial charge < -0.3 is 14.2 Å². The van der Waals surface area contributed by atoms with Gasteiger partial charge in [-0.25, -0.2) is 4.79 Å². The van der Waals surface area contributed by atoms with Crippen LogP contribution in [0.15, 0.2) is 30.3 Å². The van der Waals surface area contributed by atoms with Gasteiger partial charge in [-0.15, -0.1) is 0 Å². The Morgan fingerprint density at radius 1 is 0.952 bits per heavy atom. The van der Waals surface area contributed by atoms with Crippen molar-refractivity contribution < 1.29 is 28.6 Å². The number of carbonyl (C=O) groups excluding carboxylic acids is 3. The third-order valence-corrected chi connectivity index (χ3v) is 2.42. The number of ether oxygens (including phenoxy) is 3. The lowest BCUT2D eigenvalue weighted by Crippen LogP contribution is -2.16. The molecule has 0 unspecified atom stereocenters. The maximum atomic E-state index is 11.4. The Labute approximate surface area is 123 Å². The van der Waals surface area contributed by atoms with Crippen LogP contribution in [-0.2, 0) is 35.2 Å². The first kappa shape index (κ1) is 16.7. The van der Waals surface area contributed by atoms with Gasteiger partial charge in [-0.1, -0.05) is 30.3 Å². The zero-order valence-corrected chi connectivity index (χ0v) is 11.9. The summed E-state index contributed by atoms with van der Waals surface area (Å²) in [5.74, 6) is -1.53. The first-order chi connectivity index (χ1) is 10.1. The van der Waals surface area contributed by atoms with Crippen LogP contribution in [0.3, 0.4) is 0 Å². The highest BCUT2D eigenvalue weighted by Crippen LogP contribution is 2.01. The molecule has 0 aliphatic heterocycles. The second kappa shape index (κ2) is 9.52. The molecule has 0 atom stereocenters. The van der Waals surface area contributed by atoms with Crippen molar-refractivity contribution >= 4 is 17.9 Å². The topological polar surface area (TPSA) is 78.9 Å². The number of hydrogen-bond acceptors (Lipinski definition) is 6. The predicted octanol–water partition coefficient (Wildman–Crippen LogP) is 1.62. The highest BCUT2D eigenvalue weighted by atomic mass is 16.6. The molecule has 0 heterocycles. The molecule has 21 heavy (non-hydrogen) atoms. The molecule has 0 aromatic heterocycles. The van der Waals surface area contributed by atoms with Gasteiger partial charge in [0.15, 0.2) is 6.61 Å². The van der Waals surface area contributed by atoms with Crippen LogP contribution in [-0.4, -0.2) is 31.1 Å². The monoisotopic (exact) mass is 294 g/mol. The molecule has 0 N–H and O–H groups in total. The Morgan fingerprint density at radius 2 is 1.67 bits per heavy atom. The molecular weight excluding hydrogens is 276 g/mol. The van der Waals surface area contributed by atoms with Gasteiger partial charge >= 0.3 is 17.9 Å². The normalized spacial score (nSPS) is 9.76. The Bertz CT molecular complexity index is 468. The summed E-state index contributed by atoms with van der Waals surface area (Å²) in [5.41, 5.74) is 0.860. The van der Waals surface area contributed by atoms with E-state index >= 15 is 0 Å². The Balaban J connectivity index is 2.09. The molecule has 0 radical (unpaired) electrons. The van der Waals surface area contributed by atoms with Crippen LogP contribution >= 0.6 is 0 Å². The summed E-state index contributed by atoms with van der Waals surface area (Å²) < 4.78 is 14.4. The fraction of sp³-hybridized carbons (Fsp3) is 0.400. The van der Waals surface area contributed by atoms with Crippen molar-refractivity contribution in [3.8, 4) is 0 Å². The highest BCUT2D eigenvalue weighted by Gasteiger charge is 2.09. The minimum absolute atomic E-state index is 0.0826. The van der Waals surface area contributed by atoms with E-state index < -0.39 is 24.5 Å². The van der Waals surface area contributed by atoms with Crippen molar-refractivity contribution in [2.75, 3.05) is 13.2 Å². The summed E-state index contributed by atoms with van der Waals surface area (Å²) in [6, 6.07) is 9.20. The molecule has 6 nitrogen and oxygen atoms in total. The Morgan fingerprint density at radius 3 is 2.33 bits per heavy atom. The molecule has 0 aliphatic carbocycles. The second-order valence-electron chi connectivity index (χ2n) is 4.25. The van der Waals surface area contributed by atoms with Crippen LogP contribution in [0.1, 0.15) is 25.3 Å². The maximum Gasteiger partial charge on any atom is 0.344 e. The summed E-state index contributed by atoms with van der Waals surface area (Å²) >= 11 is 0. The Hall–Kier alpha value is -2.37. The molecule has 0 fully saturated rings. The molecule has 0 bridgehead atoms. The van der Waals surface area contributed by atoms with E-state index in [9.17, 15) is 14.4 Å². The van der Waals surface area contributed by atoms with Gasteiger partial charge in [0.1, 0.15) is 6.61 Å². The quantitative estimate of drug-likeness (QED) is 0.412. The van der Waals surface area contributed by atoms with Crippen LogP contribution in [0.2, 0.25) is 0 Å². The summed E-state index contributed by atoms with van der Waals surface area (Å²) in [6.45, 7) is 1.17. The predicted molar refractivity (Wildman–Crippen MR) is 73.1 cm³/mol. The molecule has 0 spiro atoms. The molecule has 6 heteroatoms. The van der Waals surface area contributed by atoms with Gasteiger partial charge in [-0.3, -0.25) is 9.59 Å². The molecule has 0 saturated heterocycles. The van der Waals surface area contributed by atoms with Crippen molar-refractivity contribution in [3.05, 3.63) is 35.9 Å². The lowest BCUT2D eigenvalue weighted by atomic mass is 10.2. The van der Waals surface area contributed by atoms with E-state index in [1.165, 1.54) is 6.92 Å². The molecule has 114 valence electrons. The lowest BCUT2D eigenvalue weighted by molar-refractivity contribution is -0.159. The zero-order valence-electron chi connectivity index (χ0n) is 11.9. The fourth-order valence-corrected chi connectivity index (χ4v) is 1.42. The standard InChI is InChI=1S/C15H18O6/c1-12(16)19-9-5-8-14(17)21-11-15(18)20-10-13-6-3-2-4-7-13/h2-4,6-7H,5,8-11H2,1H3. The van der Waals surface area contributed by atoms with Gasteiger partial charge in [-0.2, -0.15) is 0 Å². The van der Waals surface area contributed by atoms with Crippen LogP contribution in [0.4, 0.5) is 0 Å². The highest BCUT2D eigenvalue weighted by molar-refractivity contribution is 5.76. The molecular formula is C15H18O6. The van der Waals surface area contributed by atoms with Crippen molar-refractivity contribution in [1.29, 1.82) is 0 Å². The van der Waals surface area contributed by atoms with E-state index in [0.29, 0.717) is 6.42 Å². The van der Waals surface area contributed by atoms with Gasteiger partial charge in [-0.05, 0) is 12.0 Å². The average Bonchev–Trinajstić information content (AvgIpc) is 2.48. The molecule has 1 rings (SSSR count). The minimum Gasteiger partial charge on any atom is -0.466 e. The third-order valence-electron chi connectivity index (χ3n) is 2.42. The van der Waals surface area contributed by atoms with Gasteiger partial charge in [0.25, 0.3) is 0 Å². The number of rotatable bonds is 8. The number of benzene rings is 1. The summed E-state index contributed by atoms with van der Waals surface area (Å²) in [5, 5.41) is 0. The fourth-order valence-electron chi connectivity index (χ4n) is 1.42. The van der Waals surface area contributed by atoms with Crippen molar-refractivity contribution in [1.82, 2.24) is 0 Å². The van der Waals surface area contributed by atoms with Crippen LogP contribution in [0, 0.1) is 0 Å². The summed E-state index contributed by atoms with van der Waals surface area (Å²) in [6.07, 6.45) is 0.441. The van der Waals surface area contributed by atoms with Gasteiger partial charge in [0.05, 0.1) is 6.61 Å². The molecule has 0 aliphatic rings. The van der Waals surface area contributed by atoms with E-state index in [1.807, 2.05) is 30.3 Å². The van der Waals surface area contributed by atoms with Crippen molar-refractivity contribution in [2.24, 2.45) is 0 Å². The van der Waals surface area contributed by atoms with Crippen LogP contribution in [0.5, 0.6) is 0 Å². The Kier molecular flexibility index (Phi) is 7.56. The molecule has 0 amide bonds. The van der Waals surface area contributed by atoms with Crippen LogP contribution in [0.25, 0.3) is 0 Å². The average molecular weight is 294 g/mol. The van der Waals surface area contributed by atoms with E-state index in [4.69, 9.17) is 9.47 Å². The van der Waals surface area contributed by atoms with Crippen molar-refractivity contribution in [2.45, 2.75) is 26.4 Å². The first-order valence-corrected chi connectivity index (χ1v) is 6.56. The number of carbonyl (C=O) groups is 3. The summed E-state index contributed by atoms with van der Waals surface area (Å²) in [4.78, 5) is 33.2. The SMILES string of the molecule is CC(=O)OCCCC(=O)OCC(=O)OCc1ccccc1. The minimum atomic E-state index is -0.604.